The molecule has 0 radical (unpaired) electrons. The molecule has 0 aliphatic rings. The summed E-state index contributed by atoms with van der Waals surface area (Å²) in [6.07, 6.45) is 18.2. The number of carbonyl (C=O) groups excluding carboxylic acids is 1. The van der Waals surface area contributed by atoms with Crippen molar-refractivity contribution >= 4 is 11.9 Å². The Balaban J connectivity index is 3.36. The predicted octanol–water partition coefficient (Wildman–Crippen LogP) is 4.16. The van der Waals surface area contributed by atoms with Gasteiger partial charge in [-0.2, -0.15) is 0 Å². The Hall–Kier alpha value is -1.36. The number of carboxylic acids is 1. The summed E-state index contributed by atoms with van der Waals surface area (Å²) in [5, 5.41) is 11.5. The summed E-state index contributed by atoms with van der Waals surface area (Å²) in [6.45, 7) is 2.81. The molecule has 5 nitrogen and oxygen atoms in total. The Morgan fingerprint density at radius 3 is 2.16 bits per heavy atom. The zero-order valence-electron chi connectivity index (χ0n) is 16.0. The van der Waals surface area contributed by atoms with Crippen LogP contribution >= 0.6 is 0 Å². The van der Waals surface area contributed by atoms with Crippen LogP contribution in [0.15, 0.2) is 12.2 Å². The van der Waals surface area contributed by atoms with E-state index in [0.717, 1.165) is 19.3 Å². The van der Waals surface area contributed by atoms with E-state index < -0.39 is 12.0 Å². The van der Waals surface area contributed by atoms with Crippen molar-refractivity contribution in [1.29, 1.82) is 0 Å². The molecule has 0 aromatic heterocycles. The number of hydrogen-bond donors (Lipinski definition) is 3. The lowest BCUT2D eigenvalue weighted by atomic mass is 10.1. The zero-order chi connectivity index (χ0) is 18.8. The van der Waals surface area contributed by atoms with Crippen molar-refractivity contribution in [1.82, 2.24) is 5.32 Å². The second kappa shape index (κ2) is 17.5. The molecule has 1 amide bonds. The molecule has 0 heterocycles. The van der Waals surface area contributed by atoms with E-state index in [1.54, 1.807) is 6.08 Å². The fourth-order valence-electron chi connectivity index (χ4n) is 2.65. The first-order valence-electron chi connectivity index (χ1n) is 10.0. The molecule has 0 saturated heterocycles. The van der Waals surface area contributed by atoms with Gasteiger partial charge in [-0.3, -0.25) is 9.59 Å². The van der Waals surface area contributed by atoms with Crippen LogP contribution in [-0.4, -0.2) is 29.6 Å². The van der Waals surface area contributed by atoms with E-state index in [1.807, 2.05) is 6.08 Å². The maximum Gasteiger partial charge on any atom is 0.320 e. The van der Waals surface area contributed by atoms with Crippen LogP contribution in [0.3, 0.4) is 0 Å². The number of amides is 1. The first-order valence-corrected chi connectivity index (χ1v) is 10.0. The fourth-order valence-corrected chi connectivity index (χ4v) is 2.65. The van der Waals surface area contributed by atoms with Crippen molar-refractivity contribution in [2.24, 2.45) is 5.73 Å². The van der Waals surface area contributed by atoms with E-state index in [1.165, 1.54) is 51.4 Å². The van der Waals surface area contributed by atoms with Crippen molar-refractivity contribution < 1.29 is 14.7 Å². The molecule has 0 aliphatic carbocycles. The van der Waals surface area contributed by atoms with E-state index in [-0.39, 0.29) is 5.91 Å². The minimum atomic E-state index is -0.969. The quantitative estimate of drug-likeness (QED) is 0.270. The lowest BCUT2D eigenvalue weighted by molar-refractivity contribution is -0.138. The number of unbranched alkanes of at least 4 members (excludes halogenated alkanes) is 10. The smallest absolute Gasteiger partial charge is 0.320 e. The molecule has 0 spiro atoms. The lowest BCUT2D eigenvalue weighted by Gasteiger charge is -2.06. The number of carbonyl (C=O) groups is 2. The number of hydrogen-bond acceptors (Lipinski definition) is 3. The minimum absolute atomic E-state index is 0.0709. The van der Waals surface area contributed by atoms with Gasteiger partial charge >= 0.3 is 5.97 Å². The van der Waals surface area contributed by atoms with Gasteiger partial charge in [-0.25, -0.2) is 0 Å². The summed E-state index contributed by atoms with van der Waals surface area (Å²) < 4.78 is 0. The van der Waals surface area contributed by atoms with E-state index in [9.17, 15) is 9.59 Å². The van der Waals surface area contributed by atoms with Gasteiger partial charge in [0.2, 0.25) is 5.91 Å². The van der Waals surface area contributed by atoms with Crippen molar-refractivity contribution in [3.63, 3.8) is 0 Å². The Kier molecular flexibility index (Phi) is 16.5. The molecule has 0 aromatic rings. The number of nitrogens with one attached hydrogen (secondary N) is 1. The summed E-state index contributed by atoms with van der Waals surface area (Å²) >= 11 is 0. The predicted molar refractivity (Wildman–Crippen MR) is 103 cm³/mol. The van der Waals surface area contributed by atoms with Gasteiger partial charge in [-0.1, -0.05) is 64.4 Å². The molecule has 0 unspecified atom stereocenters. The highest BCUT2D eigenvalue weighted by Gasteiger charge is 2.09. The highest BCUT2D eigenvalue weighted by molar-refractivity contribution is 5.87. The third-order valence-corrected chi connectivity index (χ3v) is 4.30. The van der Waals surface area contributed by atoms with Gasteiger partial charge in [-0.15, -0.1) is 0 Å². The third kappa shape index (κ3) is 17.3. The van der Waals surface area contributed by atoms with Crippen LogP contribution in [0.4, 0.5) is 0 Å². The molecule has 25 heavy (non-hydrogen) atoms. The van der Waals surface area contributed by atoms with Crippen LogP contribution in [0.1, 0.15) is 90.4 Å². The first-order chi connectivity index (χ1) is 12.1. The fraction of sp³-hybridized carbons (Fsp3) is 0.800. The third-order valence-electron chi connectivity index (χ3n) is 4.30. The second-order valence-electron chi connectivity index (χ2n) is 6.75. The van der Waals surface area contributed by atoms with Crippen LogP contribution in [0, 0.1) is 0 Å². The summed E-state index contributed by atoms with van der Waals surface area (Å²) in [4.78, 5) is 22.1. The number of aliphatic carboxylic acids is 1. The Labute approximate surface area is 153 Å². The maximum atomic E-state index is 11.6. The van der Waals surface area contributed by atoms with Crippen LogP contribution in [0.2, 0.25) is 0 Å². The molecule has 4 N–H and O–H groups in total. The Morgan fingerprint density at radius 2 is 1.56 bits per heavy atom. The molecule has 146 valence electrons. The van der Waals surface area contributed by atoms with Crippen molar-refractivity contribution in [3.05, 3.63) is 12.2 Å². The first kappa shape index (κ1) is 23.6. The highest BCUT2D eigenvalue weighted by Crippen LogP contribution is 2.10. The van der Waals surface area contributed by atoms with Gasteiger partial charge in [-0.05, 0) is 38.2 Å². The summed E-state index contributed by atoms with van der Waals surface area (Å²) in [6, 6.07) is -0.799. The monoisotopic (exact) mass is 354 g/mol. The Bertz CT molecular complexity index is 370. The maximum absolute atomic E-state index is 11.6. The average molecular weight is 355 g/mol. The van der Waals surface area contributed by atoms with E-state index in [4.69, 9.17) is 10.8 Å². The molecule has 0 saturated carbocycles. The van der Waals surface area contributed by atoms with Crippen molar-refractivity contribution in [2.75, 3.05) is 6.54 Å². The minimum Gasteiger partial charge on any atom is -0.480 e. The number of nitrogens with two attached hydrogens (primary N) is 1. The Morgan fingerprint density at radius 1 is 0.960 bits per heavy atom. The standard InChI is InChI=1S/C20H38N2O3/c1-2-3-4-5-6-7-8-9-10-11-12-16-19(23)22-17-14-13-15-18(21)20(24)25/h12,16,18H,2-11,13-15,17,21H2,1H3,(H,22,23)(H,24,25)/b16-12+/t18-/m0/s1. The lowest BCUT2D eigenvalue weighted by Crippen LogP contribution is -2.30. The molecule has 0 fully saturated rings. The summed E-state index contributed by atoms with van der Waals surface area (Å²) in [5.74, 6) is -1.04. The molecule has 0 aromatic carbocycles. The molecule has 1 atom stereocenters. The second-order valence-corrected chi connectivity index (χ2v) is 6.75. The summed E-state index contributed by atoms with van der Waals surface area (Å²) in [7, 11) is 0. The van der Waals surface area contributed by atoms with Crippen molar-refractivity contribution in [2.45, 2.75) is 96.4 Å². The molecule has 5 heteroatoms. The van der Waals surface area contributed by atoms with Gasteiger partial charge < -0.3 is 16.2 Å². The number of carboxylic acid groups (broad SMARTS) is 1. The average Bonchev–Trinajstić information content (AvgIpc) is 2.59. The SMILES string of the molecule is CCCCCCCCCCC/C=C/C(=O)NCCCC[C@H](N)C(=O)O. The number of rotatable bonds is 17. The van der Waals surface area contributed by atoms with E-state index in [2.05, 4.69) is 12.2 Å². The van der Waals surface area contributed by atoms with Crippen LogP contribution in [-0.2, 0) is 9.59 Å². The van der Waals surface area contributed by atoms with Crippen LogP contribution in [0.25, 0.3) is 0 Å². The van der Waals surface area contributed by atoms with Gasteiger partial charge in [0, 0.05) is 6.54 Å². The van der Waals surface area contributed by atoms with Gasteiger partial charge in [0.15, 0.2) is 0 Å². The largest absolute Gasteiger partial charge is 0.480 e. The van der Waals surface area contributed by atoms with Crippen LogP contribution in [0.5, 0.6) is 0 Å². The van der Waals surface area contributed by atoms with E-state index in [0.29, 0.717) is 19.4 Å². The van der Waals surface area contributed by atoms with Gasteiger partial charge in [0.25, 0.3) is 0 Å². The zero-order valence-corrected chi connectivity index (χ0v) is 16.0. The highest BCUT2D eigenvalue weighted by atomic mass is 16.4. The van der Waals surface area contributed by atoms with Crippen LogP contribution < -0.4 is 11.1 Å². The molecule has 0 aliphatic heterocycles. The molecule has 0 bridgehead atoms. The number of allylic oxidation sites excluding steroid dienone is 1. The van der Waals surface area contributed by atoms with Gasteiger partial charge in [0.05, 0.1) is 0 Å². The molecular formula is C20H38N2O3. The van der Waals surface area contributed by atoms with Crippen molar-refractivity contribution in [3.8, 4) is 0 Å². The summed E-state index contributed by atoms with van der Waals surface area (Å²) in [5.41, 5.74) is 5.41. The normalized spacial score (nSPS) is 12.4. The molecule has 0 rings (SSSR count). The van der Waals surface area contributed by atoms with Gasteiger partial charge in [0.1, 0.15) is 6.04 Å². The topological polar surface area (TPSA) is 92.4 Å². The van der Waals surface area contributed by atoms with E-state index >= 15 is 0 Å². The molecular weight excluding hydrogens is 316 g/mol.